The molecule has 0 radical (unpaired) electrons. The van der Waals surface area contributed by atoms with E-state index >= 15 is 0 Å². The van der Waals surface area contributed by atoms with Gasteiger partial charge in [-0.2, -0.15) is 0 Å². The van der Waals surface area contributed by atoms with Crippen LogP contribution in [0, 0.1) is 0 Å². The Morgan fingerprint density at radius 3 is 2.43 bits per heavy atom. The summed E-state index contributed by atoms with van der Waals surface area (Å²) in [5.41, 5.74) is 5.89. The topological polar surface area (TPSA) is 52.0 Å². The van der Waals surface area contributed by atoms with Crippen molar-refractivity contribution in [3.8, 4) is 11.3 Å². The first kappa shape index (κ1) is 22.5. The zero-order valence-corrected chi connectivity index (χ0v) is 20.3. The molecule has 182 valence electrons. The van der Waals surface area contributed by atoms with E-state index in [-0.39, 0.29) is 5.91 Å². The van der Waals surface area contributed by atoms with E-state index in [1.807, 2.05) is 12.1 Å². The standard InChI is InChI=1S/C29H34N4O2/c34-29-27-9-8-23(17-25(27)21-33(29)26-6-2-10-30-18-26)20-32-13-11-31(12-14-32)19-22-4-1-5-24(16-22)28-7-3-15-35-28/h1,3-5,7-9,15-17,26,30H,2,6,10-14,18-21H2. The summed E-state index contributed by atoms with van der Waals surface area (Å²) in [5.74, 6) is 1.14. The summed E-state index contributed by atoms with van der Waals surface area (Å²) >= 11 is 0. The van der Waals surface area contributed by atoms with Gasteiger partial charge in [0.05, 0.1) is 6.26 Å². The van der Waals surface area contributed by atoms with Crippen LogP contribution in [0.5, 0.6) is 0 Å². The first-order chi connectivity index (χ1) is 17.2. The molecule has 2 fully saturated rings. The van der Waals surface area contributed by atoms with Crippen LogP contribution in [-0.4, -0.2) is 65.9 Å². The number of carbonyl (C=O) groups is 1. The number of rotatable bonds is 6. The molecule has 0 saturated carbocycles. The maximum Gasteiger partial charge on any atom is 0.254 e. The molecule has 0 aliphatic carbocycles. The highest BCUT2D eigenvalue weighted by molar-refractivity contribution is 5.98. The molecule has 3 aromatic rings. The molecule has 4 heterocycles. The lowest BCUT2D eigenvalue weighted by molar-refractivity contribution is 0.0674. The van der Waals surface area contributed by atoms with Gasteiger partial charge in [-0.05, 0) is 60.3 Å². The van der Waals surface area contributed by atoms with Crippen LogP contribution in [0.2, 0.25) is 0 Å². The van der Waals surface area contributed by atoms with Gasteiger partial charge in [0.1, 0.15) is 5.76 Å². The van der Waals surface area contributed by atoms with Crippen molar-refractivity contribution in [2.75, 3.05) is 39.3 Å². The Morgan fingerprint density at radius 1 is 0.914 bits per heavy atom. The fraction of sp³-hybridized carbons (Fsp3) is 0.414. The van der Waals surface area contributed by atoms with Crippen LogP contribution in [0.3, 0.4) is 0 Å². The van der Waals surface area contributed by atoms with Crippen molar-refractivity contribution < 1.29 is 9.21 Å². The number of furan rings is 1. The fourth-order valence-electron chi connectivity index (χ4n) is 5.78. The molecule has 6 nitrogen and oxygen atoms in total. The lowest BCUT2D eigenvalue weighted by Crippen LogP contribution is -2.46. The predicted octanol–water partition coefficient (Wildman–Crippen LogP) is 3.97. The van der Waals surface area contributed by atoms with Crippen LogP contribution in [-0.2, 0) is 19.6 Å². The minimum atomic E-state index is 0.213. The van der Waals surface area contributed by atoms with Gasteiger partial charge < -0.3 is 14.6 Å². The van der Waals surface area contributed by atoms with Crippen molar-refractivity contribution in [3.05, 3.63) is 83.1 Å². The lowest BCUT2D eigenvalue weighted by atomic mass is 10.1. The van der Waals surface area contributed by atoms with Crippen molar-refractivity contribution in [3.63, 3.8) is 0 Å². The van der Waals surface area contributed by atoms with Crippen LogP contribution in [0.1, 0.15) is 39.9 Å². The fourth-order valence-corrected chi connectivity index (χ4v) is 5.78. The number of hydrogen-bond acceptors (Lipinski definition) is 5. The highest BCUT2D eigenvalue weighted by Crippen LogP contribution is 2.28. The average molecular weight is 471 g/mol. The minimum Gasteiger partial charge on any atom is -0.464 e. The molecule has 1 unspecified atom stereocenters. The second kappa shape index (κ2) is 9.97. The number of nitrogens with zero attached hydrogens (tertiary/aromatic N) is 3. The van der Waals surface area contributed by atoms with Gasteiger partial charge in [-0.3, -0.25) is 14.6 Å². The van der Waals surface area contributed by atoms with E-state index in [2.05, 4.69) is 62.5 Å². The van der Waals surface area contributed by atoms with Crippen LogP contribution in [0.25, 0.3) is 11.3 Å². The van der Waals surface area contributed by atoms with E-state index in [4.69, 9.17) is 4.42 Å². The van der Waals surface area contributed by atoms with Crippen LogP contribution in [0.15, 0.2) is 65.3 Å². The quantitative estimate of drug-likeness (QED) is 0.591. The monoisotopic (exact) mass is 470 g/mol. The molecule has 2 aromatic carbocycles. The van der Waals surface area contributed by atoms with Gasteiger partial charge in [0.15, 0.2) is 0 Å². The molecule has 6 heteroatoms. The molecule has 0 spiro atoms. The summed E-state index contributed by atoms with van der Waals surface area (Å²) in [4.78, 5) is 20.1. The number of amides is 1. The maximum atomic E-state index is 12.9. The van der Waals surface area contributed by atoms with Crippen molar-refractivity contribution in [2.45, 2.75) is 38.5 Å². The van der Waals surface area contributed by atoms with E-state index in [0.717, 1.165) is 88.6 Å². The van der Waals surface area contributed by atoms with Gasteiger partial charge in [-0.1, -0.05) is 30.3 Å². The molecule has 1 aromatic heterocycles. The van der Waals surface area contributed by atoms with Gasteiger partial charge in [-0.15, -0.1) is 0 Å². The van der Waals surface area contributed by atoms with Crippen molar-refractivity contribution in [1.82, 2.24) is 20.0 Å². The third-order valence-electron chi connectivity index (χ3n) is 7.72. The molecule has 3 aliphatic heterocycles. The summed E-state index contributed by atoms with van der Waals surface area (Å²) in [6, 6.07) is 19.4. The number of nitrogens with one attached hydrogen (secondary N) is 1. The van der Waals surface area contributed by atoms with E-state index < -0.39 is 0 Å². The maximum absolute atomic E-state index is 12.9. The first-order valence-electron chi connectivity index (χ1n) is 12.9. The second-order valence-electron chi connectivity index (χ2n) is 10.2. The first-order valence-corrected chi connectivity index (χ1v) is 12.9. The normalized spacial score (nSPS) is 21.4. The van der Waals surface area contributed by atoms with Gasteiger partial charge in [-0.25, -0.2) is 0 Å². The summed E-state index contributed by atoms with van der Waals surface area (Å²) in [5, 5.41) is 3.44. The molecule has 1 N–H and O–H groups in total. The summed E-state index contributed by atoms with van der Waals surface area (Å²) < 4.78 is 5.56. The van der Waals surface area contributed by atoms with E-state index in [9.17, 15) is 4.79 Å². The average Bonchev–Trinajstić information content (AvgIpc) is 3.55. The second-order valence-corrected chi connectivity index (χ2v) is 10.2. The summed E-state index contributed by atoms with van der Waals surface area (Å²) in [6.45, 7) is 8.93. The highest BCUT2D eigenvalue weighted by Gasteiger charge is 2.33. The smallest absolute Gasteiger partial charge is 0.254 e. The molecular formula is C29H34N4O2. The molecular weight excluding hydrogens is 436 g/mol. The van der Waals surface area contributed by atoms with E-state index in [0.29, 0.717) is 6.04 Å². The Balaban J connectivity index is 1.03. The molecule has 6 rings (SSSR count). The van der Waals surface area contributed by atoms with E-state index in [1.165, 1.54) is 16.7 Å². The largest absolute Gasteiger partial charge is 0.464 e. The molecule has 0 bridgehead atoms. The number of fused-ring (bicyclic) bond motifs is 1. The summed E-state index contributed by atoms with van der Waals surface area (Å²) in [7, 11) is 0. The van der Waals surface area contributed by atoms with Gasteiger partial charge in [0, 0.05) is 69.5 Å². The predicted molar refractivity (Wildman–Crippen MR) is 137 cm³/mol. The molecule has 3 aliphatic rings. The highest BCUT2D eigenvalue weighted by atomic mass is 16.3. The van der Waals surface area contributed by atoms with Crippen LogP contribution in [0.4, 0.5) is 0 Å². The Hall–Kier alpha value is -2.93. The molecule has 1 atom stereocenters. The Bertz CT molecular complexity index is 1160. The lowest BCUT2D eigenvalue weighted by Gasteiger charge is -2.34. The number of carbonyl (C=O) groups excluding carboxylic acids is 1. The van der Waals surface area contributed by atoms with Gasteiger partial charge in [0.25, 0.3) is 5.91 Å². The molecule has 2 saturated heterocycles. The third-order valence-corrected chi connectivity index (χ3v) is 7.72. The number of piperazine rings is 1. The number of piperidine rings is 1. The zero-order valence-electron chi connectivity index (χ0n) is 20.3. The summed E-state index contributed by atoms with van der Waals surface area (Å²) in [6.07, 6.45) is 3.98. The van der Waals surface area contributed by atoms with Gasteiger partial charge >= 0.3 is 0 Å². The Kier molecular flexibility index (Phi) is 6.42. The SMILES string of the molecule is O=C1c2ccc(CN3CCN(Cc4cccc(-c5ccco5)c4)CC3)cc2CN1C1CCCNC1. The van der Waals surface area contributed by atoms with E-state index in [1.54, 1.807) is 6.26 Å². The van der Waals surface area contributed by atoms with Crippen molar-refractivity contribution >= 4 is 5.91 Å². The Morgan fingerprint density at radius 2 is 1.71 bits per heavy atom. The van der Waals surface area contributed by atoms with Crippen LogP contribution < -0.4 is 5.32 Å². The number of benzene rings is 2. The molecule has 1 amide bonds. The number of hydrogen-bond donors (Lipinski definition) is 1. The zero-order chi connectivity index (χ0) is 23.6. The van der Waals surface area contributed by atoms with Crippen molar-refractivity contribution in [2.24, 2.45) is 0 Å². The Labute approximate surface area is 207 Å². The minimum absolute atomic E-state index is 0.213. The third kappa shape index (κ3) is 4.92. The van der Waals surface area contributed by atoms with Crippen LogP contribution >= 0.6 is 0 Å². The molecule has 35 heavy (non-hydrogen) atoms. The van der Waals surface area contributed by atoms with Crippen molar-refractivity contribution in [1.29, 1.82) is 0 Å². The van der Waals surface area contributed by atoms with Gasteiger partial charge in [0.2, 0.25) is 0 Å².